The molecular formula is C14H25NO10. The number of rotatable bonds is 4. The van der Waals surface area contributed by atoms with Crippen molar-refractivity contribution in [2.45, 2.75) is 67.2 Å². The number of nitrogens with zero attached hydrogens (tertiary/aromatic N) is 1. The van der Waals surface area contributed by atoms with Crippen molar-refractivity contribution in [3.63, 3.8) is 0 Å². The Balaban J connectivity index is 1.70. The summed E-state index contributed by atoms with van der Waals surface area (Å²) >= 11 is 0. The molecule has 3 rings (SSSR count). The maximum Gasteiger partial charge on any atom is 0.187 e. The van der Waals surface area contributed by atoms with Crippen molar-refractivity contribution in [3.8, 4) is 0 Å². The van der Waals surface area contributed by atoms with Crippen LogP contribution < -0.4 is 0 Å². The normalized spacial score (nSPS) is 54.0. The van der Waals surface area contributed by atoms with E-state index >= 15 is 0 Å². The van der Waals surface area contributed by atoms with Crippen LogP contribution >= 0.6 is 0 Å². The van der Waals surface area contributed by atoms with Crippen LogP contribution in [0.5, 0.6) is 0 Å². The van der Waals surface area contributed by atoms with Gasteiger partial charge in [0.1, 0.15) is 30.5 Å². The average molecular weight is 367 g/mol. The molecule has 3 fully saturated rings. The van der Waals surface area contributed by atoms with E-state index in [-0.39, 0.29) is 6.54 Å². The molecule has 146 valence electrons. The monoisotopic (exact) mass is 367 g/mol. The van der Waals surface area contributed by atoms with Crippen molar-refractivity contribution in [3.05, 3.63) is 0 Å². The summed E-state index contributed by atoms with van der Waals surface area (Å²) in [7, 11) is 0. The zero-order valence-electron chi connectivity index (χ0n) is 13.3. The standard InChI is InChI=1S/C14H25NO10/c16-2-4-8(18)11(21)7-9(19)5(1-15(4)7)24-14-13(23)12(22)10(20)6(3-17)25-14/h4-14,16-23H,1-3H2/t4-,5-,6?,7-,8-,9+,10-,11-,12+,13?,14+/m1/s1. The van der Waals surface area contributed by atoms with Crippen molar-refractivity contribution >= 4 is 0 Å². The molecule has 3 saturated heterocycles. The quantitative estimate of drug-likeness (QED) is 0.237. The smallest absolute Gasteiger partial charge is 0.187 e. The van der Waals surface area contributed by atoms with Crippen molar-refractivity contribution in [1.29, 1.82) is 0 Å². The van der Waals surface area contributed by atoms with E-state index < -0.39 is 80.4 Å². The van der Waals surface area contributed by atoms with Crippen LogP contribution in [0, 0.1) is 0 Å². The van der Waals surface area contributed by atoms with Gasteiger partial charge in [0.25, 0.3) is 0 Å². The number of aliphatic hydroxyl groups is 8. The third-order valence-electron chi connectivity index (χ3n) is 5.37. The predicted molar refractivity (Wildman–Crippen MR) is 78.0 cm³/mol. The summed E-state index contributed by atoms with van der Waals surface area (Å²) in [6.07, 6.45) is -12.0. The lowest BCUT2D eigenvalue weighted by Gasteiger charge is -2.40. The topological polar surface area (TPSA) is 184 Å². The first-order chi connectivity index (χ1) is 11.8. The molecule has 0 aromatic rings. The SMILES string of the molecule is OCC1O[C@H](O[C@@H]2CN3[C@H]([C@H]2O)[C@@H](O)[C@H](O)[C@H]3CO)C(O)[C@@H](O)[C@@H]1O. The molecule has 11 heteroatoms. The van der Waals surface area contributed by atoms with Crippen LogP contribution in [0.15, 0.2) is 0 Å². The van der Waals surface area contributed by atoms with E-state index in [0.717, 1.165) is 0 Å². The van der Waals surface area contributed by atoms with Crippen LogP contribution in [0.4, 0.5) is 0 Å². The van der Waals surface area contributed by atoms with Crippen LogP contribution in [0.2, 0.25) is 0 Å². The molecule has 3 aliphatic rings. The van der Waals surface area contributed by atoms with Gasteiger partial charge in [0, 0.05) is 6.54 Å². The molecule has 3 heterocycles. The molecule has 0 radical (unpaired) electrons. The molecule has 25 heavy (non-hydrogen) atoms. The number of ether oxygens (including phenoxy) is 2. The molecule has 3 aliphatic heterocycles. The van der Waals surface area contributed by atoms with Gasteiger partial charge >= 0.3 is 0 Å². The third kappa shape index (κ3) is 3.09. The van der Waals surface area contributed by atoms with E-state index in [1.165, 1.54) is 4.90 Å². The van der Waals surface area contributed by atoms with Crippen LogP contribution in [-0.2, 0) is 9.47 Å². The molecule has 0 saturated carbocycles. The van der Waals surface area contributed by atoms with E-state index in [2.05, 4.69) is 0 Å². The minimum Gasteiger partial charge on any atom is -0.395 e. The number of hydrogen-bond donors (Lipinski definition) is 8. The number of aliphatic hydroxyl groups excluding tert-OH is 8. The fourth-order valence-corrected chi connectivity index (χ4v) is 3.92. The minimum absolute atomic E-state index is 0.0419. The first kappa shape index (κ1) is 19.3. The summed E-state index contributed by atoms with van der Waals surface area (Å²) in [5.41, 5.74) is 0. The van der Waals surface area contributed by atoms with Gasteiger partial charge in [-0.25, -0.2) is 0 Å². The molecule has 0 spiro atoms. The summed E-state index contributed by atoms with van der Waals surface area (Å²) in [6.45, 7) is -0.987. The van der Waals surface area contributed by atoms with Gasteiger partial charge in [0.05, 0.1) is 43.6 Å². The second kappa shape index (κ2) is 7.29. The molecule has 0 aliphatic carbocycles. The van der Waals surface area contributed by atoms with E-state index in [9.17, 15) is 40.9 Å². The Morgan fingerprint density at radius 2 is 1.48 bits per heavy atom. The third-order valence-corrected chi connectivity index (χ3v) is 5.37. The summed E-state index contributed by atoms with van der Waals surface area (Å²) in [4.78, 5) is 1.52. The predicted octanol–water partition coefficient (Wildman–Crippen LogP) is -5.69. The summed E-state index contributed by atoms with van der Waals surface area (Å²) in [5.74, 6) is 0. The van der Waals surface area contributed by atoms with Gasteiger partial charge < -0.3 is 50.3 Å². The van der Waals surface area contributed by atoms with Gasteiger partial charge in [-0.3, -0.25) is 4.90 Å². The van der Waals surface area contributed by atoms with Crippen LogP contribution in [-0.4, -0.2) is 133 Å². The average Bonchev–Trinajstić information content (AvgIpc) is 3.03. The van der Waals surface area contributed by atoms with Gasteiger partial charge in [-0.05, 0) is 0 Å². The second-order valence-corrected chi connectivity index (χ2v) is 6.78. The first-order valence-corrected chi connectivity index (χ1v) is 8.18. The van der Waals surface area contributed by atoms with Crippen molar-refractivity contribution < 1.29 is 50.3 Å². The van der Waals surface area contributed by atoms with Crippen molar-refractivity contribution in [2.75, 3.05) is 19.8 Å². The van der Waals surface area contributed by atoms with E-state index in [1.54, 1.807) is 0 Å². The minimum atomic E-state index is -1.61. The van der Waals surface area contributed by atoms with Gasteiger partial charge in [0.15, 0.2) is 6.29 Å². The summed E-state index contributed by atoms with van der Waals surface area (Å²) in [6, 6.07) is -1.62. The highest BCUT2D eigenvalue weighted by Gasteiger charge is 2.58. The molecule has 0 bridgehead atoms. The molecule has 0 amide bonds. The van der Waals surface area contributed by atoms with Crippen LogP contribution in [0.25, 0.3) is 0 Å². The fourth-order valence-electron chi connectivity index (χ4n) is 3.92. The zero-order chi connectivity index (χ0) is 18.5. The highest BCUT2D eigenvalue weighted by Crippen LogP contribution is 2.36. The molecule has 0 aromatic carbocycles. The van der Waals surface area contributed by atoms with Gasteiger partial charge in [-0.1, -0.05) is 0 Å². The highest BCUT2D eigenvalue weighted by atomic mass is 16.7. The number of fused-ring (bicyclic) bond motifs is 1. The Kier molecular flexibility index (Phi) is 5.63. The fraction of sp³-hybridized carbons (Fsp3) is 1.00. The van der Waals surface area contributed by atoms with E-state index in [0.29, 0.717) is 0 Å². The molecule has 0 aromatic heterocycles. The van der Waals surface area contributed by atoms with Crippen molar-refractivity contribution in [2.24, 2.45) is 0 Å². The van der Waals surface area contributed by atoms with Gasteiger partial charge in [0.2, 0.25) is 0 Å². The maximum atomic E-state index is 10.4. The Bertz CT molecular complexity index is 467. The number of hydrogen-bond acceptors (Lipinski definition) is 11. The van der Waals surface area contributed by atoms with Crippen LogP contribution in [0.1, 0.15) is 0 Å². The van der Waals surface area contributed by atoms with Gasteiger partial charge in [-0.15, -0.1) is 0 Å². The largest absolute Gasteiger partial charge is 0.395 e. The highest BCUT2D eigenvalue weighted by molar-refractivity contribution is 5.10. The Labute approximate surface area is 143 Å². The lowest BCUT2D eigenvalue weighted by atomic mass is 9.99. The van der Waals surface area contributed by atoms with E-state index in [1.807, 2.05) is 0 Å². The first-order valence-electron chi connectivity index (χ1n) is 8.18. The van der Waals surface area contributed by atoms with E-state index in [4.69, 9.17) is 9.47 Å². The Morgan fingerprint density at radius 1 is 0.800 bits per heavy atom. The van der Waals surface area contributed by atoms with Crippen molar-refractivity contribution in [1.82, 2.24) is 4.90 Å². The Hall–Kier alpha value is -0.440. The molecule has 2 unspecified atom stereocenters. The molecule has 11 atom stereocenters. The Morgan fingerprint density at radius 3 is 2.08 bits per heavy atom. The second-order valence-electron chi connectivity index (χ2n) is 6.78. The maximum absolute atomic E-state index is 10.4. The summed E-state index contributed by atoms with van der Waals surface area (Å²) < 4.78 is 10.8. The molecule has 8 N–H and O–H groups in total. The lowest BCUT2D eigenvalue weighted by Crippen LogP contribution is -2.60. The summed E-state index contributed by atoms with van der Waals surface area (Å²) in [5, 5.41) is 78.5. The molecule has 11 nitrogen and oxygen atoms in total. The lowest BCUT2D eigenvalue weighted by molar-refractivity contribution is -0.314. The zero-order valence-corrected chi connectivity index (χ0v) is 13.3. The van der Waals surface area contributed by atoms with Crippen LogP contribution in [0.3, 0.4) is 0 Å². The van der Waals surface area contributed by atoms with Gasteiger partial charge in [-0.2, -0.15) is 0 Å². The molecular weight excluding hydrogens is 342 g/mol.